The van der Waals surface area contributed by atoms with E-state index in [1.54, 1.807) is 13.3 Å². The lowest BCUT2D eigenvalue weighted by Crippen LogP contribution is -2.23. The van der Waals surface area contributed by atoms with E-state index in [4.69, 9.17) is 17.0 Å². The molecule has 0 saturated carbocycles. The molecule has 0 aliphatic rings. The number of hydrazone groups is 1. The molecule has 0 fully saturated rings. The molecule has 6 heteroatoms. The van der Waals surface area contributed by atoms with Gasteiger partial charge in [-0.05, 0) is 30.4 Å². The van der Waals surface area contributed by atoms with Crippen molar-refractivity contribution in [2.24, 2.45) is 5.10 Å². The molecule has 0 atom stereocenters. The lowest BCUT2D eigenvalue weighted by Gasteiger charge is -2.08. The average molecular weight is 364 g/mol. The van der Waals surface area contributed by atoms with Gasteiger partial charge in [0.05, 0.1) is 13.3 Å². The lowest BCUT2D eigenvalue weighted by molar-refractivity contribution is 0.415. The van der Waals surface area contributed by atoms with Crippen LogP contribution in [-0.4, -0.2) is 18.4 Å². The fraction of sp³-hybridized carbons (Fsp3) is 0.0667. The Bertz CT molecular complexity index is 661. The predicted octanol–water partition coefficient (Wildman–Crippen LogP) is 3.78. The summed E-state index contributed by atoms with van der Waals surface area (Å²) in [5.41, 5.74) is 4.58. The Labute approximate surface area is 137 Å². The summed E-state index contributed by atoms with van der Waals surface area (Å²) < 4.78 is 6.12. The number of benzene rings is 2. The molecule has 2 N–H and O–H groups in total. The minimum absolute atomic E-state index is 0.409. The Balaban J connectivity index is 1.91. The summed E-state index contributed by atoms with van der Waals surface area (Å²) in [5.74, 6) is 0.763. The van der Waals surface area contributed by atoms with Crippen LogP contribution in [0.25, 0.3) is 0 Å². The van der Waals surface area contributed by atoms with Crippen molar-refractivity contribution in [3.63, 3.8) is 0 Å². The number of ether oxygens (including phenoxy) is 1. The Kier molecular flexibility index (Phi) is 5.71. The summed E-state index contributed by atoms with van der Waals surface area (Å²) in [5, 5.41) is 7.54. The van der Waals surface area contributed by atoms with Crippen LogP contribution in [0.4, 0.5) is 5.69 Å². The van der Waals surface area contributed by atoms with Gasteiger partial charge in [-0.15, -0.1) is 0 Å². The van der Waals surface area contributed by atoms with Gasteiger partial charge < -0.3 is 10.1 Å². The van der Waals surface area contributed by atoms with Gasteiger partial charge in [0.2, 0.25) is 0 Å². The van der Waals surface area contributed by atoms with Crippen LogP contribution >= 0.6 is 28.1 Å². The Morgan fingerprint density at radius 3 is 2.81 bits per heavy atom. The van der Waals surface area contributed by atoms with Crippen molar-refractivity contribution in [2.45, 2.75) is 0 Å². The highest BCUT2D eigenvalue weighted by Crippen LogP contribution is 2.16. The number of methoxy groups -OCH3 is 1. The quantitative estimate of drug-likeness (QED) is 0.493. The molecule has 0 heterocycles. The summed E-state index contributed by atoms with van der Waals surface area (Å²) in [7, 11) is 1.62. The van der Waals surface area contributed by atoms with Crippen molar-refractivity contribution in [1.82, 2.24) is 5.43 Å². The van der Waals surface area contributed by atoms with E-state index >= 15 is 0 Å². The summed E-state index contributed by atoms with van der Waals surface area (Å²) >= 11 is 8.63. The van der Waals surface area contributed by atoms with Crippen LogP contribution in [0.5, 0.6) is 5.75 Å². The maximum atomic E-state index is 5.18. The van der Waals surface area contributed by atoms with Gasteiger partial charge in [0.15, 0.2) is 5.11 Å². The number of thiocarbonyl (C=S) groups is 1. The van der Waals surface area contributed by atoms with Crippen molar-refractivity contribution >= 4 is 45.2 Å². The van der Waals surface area contributed by atoms with E-state index in [0.717, 1.165) is 21.5 Å². The second-order valence-corrected chi connectivity index (χ2v) is 5.34. The summed E-state index contributed by atoms with van der Waals surface area (Å²) in [6.45, 7) is 0. The van der Waals surface area contributed by atoms with Gasteiger partial charge in [-0.2, -0.15) is 5.10 Å². The van der Waals surface area contributed by atoms with E-state index in [1.807, 2.05) is 48.5 Å². The number of hydrogen-bond acceptors (Lipinski definition) is 3. The smallest absolute Gasteiger partial charge is 0.191 e. The third kappa shape index (κ3) is 4.84. The Morgan fingerprint density at radius 2 is 2.05 bits per heavy atom. The summed E-state index contributed by atoms with van der Waals surface area (Å²) in [6.07, 6.45) is 1.70. The average Bonchev–Trinajstić information content (AvgIpc) is 2.49. The van der Waals surface area contributed by atoms with Gasteiger partial charge >= 0.3 is 0 Å². The second kappa shape index (κ2) is 7.75. The molecule has 0 aliphatic heterocycles. The van der Waals surface area contributed by atoms with Gasteiger partial charge in [0, 0.05) is 21.8 Å². The third-order valence-corrected chi connectivity index (χ3v) is 3.52. The molecule has 0 radical (unpaired) electrons. The number of anilines is 1. The van der Waals surface area contributed by atoms with Crippen LogP contribution < -0.4 is 15.5 Å². The largest absolute Gasteiger partial charge is 0.497 e. The van der Waals surface area contributed by atoms with Crippen LogP contribution in [0.1, 0.15) is 5.56 Å². The van der Waals surface area contributed by atoms with Gasteiger partial charge in [0.25, 0.3) is 0 Å². The molecule has 0 aliphatic carbocycles. The zero-order chi connectivity index (χ0) is 15.1. The normalized spacial score (nSPS) is 10.4. The van der Waals surface area contributed by atoms with Gasteiger partial charge in [-0.25, -0.2) is 0 Å². The minimum Gasteiger partial charge on any atom is -0.497 e. The fourth-order valence-electron chi connectivity index (χ4n) is 1.60. The van der Waals surface area contributed by atoms with Crippen LogP contribution in [-0.2, 0) is 0 Å². The predicted molar refractivity (Wildman–Crippen MR) is 94.1 cm³/mol. The Hall–Kier alpha value is -1.92. The van der Waals surface area contributed by atoms with Crippen molar-refractivity contribution in [3.05, 3.63) is 58.6 Å². The first-order valence-corrected chi connectivity index (χ1v) is 7.38. The molecule has 108 valence electrons. The first-order chi connectivity index (χ1) is 10.2. The number of nitrogens with zero attached hydrogens (tertiary/aromatic N) is 1. The molecule has 2 aromatic rings. The van der Waals surface area contributed by atoms with E-state index in [1.165, 1.54) is 0 Å². The number of halogens is 1. The molecule has 4 nitrogen and oxygen atoms in total. The van der Waals surface area contributed by atoms with Crippen molar-refractivity contribution in [2.75, 3.05) is 12.4 Å². The first kappa shape index (κ1) is 15.5. The molecule has 2 aromatic carbocycles. The first-order valence-electron chi connectivity index (χ1n) is 6.17. The lowest BCUT2D eigenvalue weighted by atomic mass is 10.2. The monoisotopic (exact) mass is 363 g/mol. The molecule has 0 saturated heterocycles. The number of rotatable bonds is 4. The zero-order valence-electron chi connectivity index (χ0n) is 11.3. The standard InChI is InChI=1S/C15H14BrN3OS/c1-20-13-7-4-6-12(9-13)18-15(21)19-17-10-11-5-2-3-8-14(11)16/h2-10H,1H3,(H2,18,19,21)/b17-10-. The number of nitrogens with one attached hydrogen (secondary N) is 2. The molecule has 0 aromatic heterocycles. The van der Waals surface area contributed by atoms with Gasteiger partial charge in [0.1, 0.15) is 5.75 Å². The highest BCUT2D eigenvalue weighted by molar-refractivity contribution is 9.10. The third-order valence-electron chi connectivity index (χ3n) is 2.60. The van der Waals surface area contributed by atoms with E-state index in [9.17, 15) is 0 Å². The van der Waals surface area contributed by atoms with Crippen molar-refractivity contribution in [1.29, 1.82) is 0 Å². The maximum Gasteiger partial charge on any atom is 0.191 e. The van der Waals surface area contributed by atoms with Crippen LogP contribution in [0.3, 0.4) is 0 Å². The van der Waals surface area contributed by atoms with Crippen molar-refractivity contribution < 1.29 is 4.74 Å². The van der Waals surface area contributed by atoms with E-state index < -0.39 is 0 Å². The van der Waals surface area contributed by atoms with E-state index in [-0.39, 0.29) is 0 Å². The van der Waals surface area contributed by atoms with E-state index in [2.05, 4.69) is 31.8 Å². The topological polar surface area (TPSA) is 45.6 Å². The van der Waals surface area contributed by atoms with Crippen molar-refractivity contribution in [3.8, 4) is 5.75 Å². The highest BCUT2D eigenvalue weighted by atomic mass is 79.9. The van der Waals surface area contributed by atoms with Crippen LogP contribution in [0.15, 0.2) is 58.1 Å². The van der Waals surface area contributed by atoms with Gasteiger partial charge in [-0.3, -0.25) is 5.43 Å². The summed E-state index contributed by atoms with van der Waals surface area (Å²) in [6, 6.07) is 15.3. The fourth-order valence-corrected chi connectivity index (χ4v) is 2.16. The molecule has 0 unspecified atom stereocenters. The van der Waals surface area contributed by atoms with Crippen LogP contribution in [0, 0.1) is 0 Å². The van der Waals surface area contributed by atoms with Gasteiger partial charge in [-0.1, -0.05) is 40.2 Å². The summed E-state index contributed by atoms with van der Waals surface area (Å²) in [4.78, 5) is 0. The molecular formula is C15H14BrN3OS. The second-order valence-electron chi connectivity index (χ2n) is 4.08. The SMILES string of the molecule is COc1cccc(NC(=S)N/N=C\c2ccccc2Br)c1. The molecule has 0 spiro atoms. The molecule has 2 rings (SSSR count). The molecule has 0 bridgehead atoms. The zero-order valence-corrected chi connectivity index (χ0v) is 13.7. The molecule has 21 heavy (non-hydrogen) atoms. The molecule has 0 amide bonds. The Morgan fingerprint density at radius 1 is 1.24 bits per heavy atom. The van der Waals surface area contributed by atoms with Crippen LogP contribution in [0.2, 0.25) is 0 Å². The minimum atomic E-state index is 0.409. The number of hydrogen-bond donors (Lipinski definition) is 2. The highest BCUT2D eigenvalue weighted by Gasteiger charge is 1.98. The maximum absolute atomic E-state index is 5.18. The van der Waals surface area contributed by atoms with E-state index in [0.29, 0.717) is 5.11 Å². The molecular weight excluding hydrogens is 350 g/mol.